The highest BCUT2D eigenvalue weighted by Crippen LogP contribution is 2.34. The van der Waals surface area contributed by atoms with E-state index in [9.17, 15) is 9.59 Å². The summed E-state index contributed by atoms with van der Waals surface area (Å²) in [5.41, 5.74) is 2.39. The number of nitrogens with zero attached hydrogens (tertiary/aromatic N) is 1. The fourth-order valence-corrected chi connectivity index (χ4v) is 4.48. The molecule has 1 aliphatic heterocycles. The molecule has 0 aliphatic carbocycles. The predicted molar refractivity (Wildman–Crippen MR) is 130 cm³/mol. The number of carbonyl (C=O) groups is 2. The smallest absolute Gasteiger partial charge is 0.293 e. The van der Waals surface area contributed by atoms with E-state index in [0.717, 1.165) is 28.5 Å². The zero-order chi connectivity index (χ0) is 22.7. The molecule has 3 aromatic rings. The van der Waals surface area contributed by atoms with Gasteiger partial charge in [0.25, 0.3) is 11.1 Å². The maximum atomic E-state index is 12.8. The average Bonchev–Trinajstić information content (AvgIpc) is 3.02. The Hall–Kier alpha value is -2.44. The van der Waals surface area contributed by atoms with E-state index in [-0.39, 0.29) is 24.3 Å². The molecule has 0 bridgehead atoms. The Morgan fingerprint density at radius 2 is 1.66 bits per heavy atom. The molecule has 0 radical (unpaired) electrons. The summed E-state index contributed by atoms with van der Waals surface area (Å²) in [5, 5.41) is 1.39. The van der Waals surface area contributed by atoms with Crippen LogP contribution < -0.4 is 4.74 Å². The molecule has 0 aromatic heterocycles. The van der Waals surface area contributed by atoms with Crippen LogP contribution in [0.15, 0.2) is 71.6 Å². The zero-order valence-corrected chi connectivity index (χ0v) is 19.6. The highest BCUT2D eigenvalue weighted by atomic mass is 35.5. The van der Waals surface area contributed by atoms with Crippen molar-refractivity contribution >= 4 is 63.8 Å². The van der Waals surface area contributed by atoms with Crippen LogP contribution in [0.2, 0.25) is 15.1 Å². The normalized spacial score (nSPS) is 15.0. The van der Waals surface area contributed by atoms with Gasteiger partial charge in [0.15, 0.2) is 0 Å². The number of hydrogen-bond acceptors (Lipinski definition) is 4. The van der Waals surface area contributed by atoms with Crippen molar-refractivity contribution < 1.29 is 14.3 Å². The lowest BCUT2D eigenvalue weighted by Gasteiger charge is -2.12. The van der Waals surface area contributed by atoms with Gasteiger partial charge in [-0.1, -0.05) is 65.1 Å². The van der Waals surface area contributed by atoms with Gasteiger partial charge in [-0.15, -0.1) is 0 Å². The number of thioether (sulfide) groups is 1. The number of amides is 2. The Bertz CT molecular complexity index is 1210. The summed E-state index contributed by atoms with van der Waals surface area (Å²) in [6.45, 7) is 0.473. The van der Waals surface area contributed by atoms with E-state index < -0.39 is 0 Å². The number of hydrogen-bond donors (Lipinski definition) is 0. The molecular formula is C24H16Cl3NO3S. The molecule has 2 amide bonds. The van der Waals surface area contributed by atoms with Gasteiger partial charge in [-0.2, -0.15) is 0 Å². The number of imide groups is 1. The van der Waals surface area contributed by atoms with Gasteiger partial charge in [-0.05, 0) is 65.4 Å². The first-order valence-corrected chi connectivity index (χ1v) is 11.5. The number of rotatable bonds is 6. The molecule has 8 heteroatoms. The average molecular weight is 505 g/mol. The van der Waals surface area contributed by atoms with Crippen LogP contribution in [0, 0.1) is 0 Å². The van der Waals surface area contributed by atoms with Gasteiger partial charge in [0, 0.05) is 20.6 Å². The number of carbonyl (C=O) groups excluding carboxylic acids is 2. The summed E-state index contributed by atoms with van der Waals surface area (Å²) in [6, 6.07) is 19.6. The topological polar surface area (TPSA) is 46.6 Å². The molecule has 32 heavy (non-hydrogen) atoms. The lowest BCUT2D eigenvalue weighted by Crippen LogP contribution is -2.27. The van der Waals surface area contributed by atoms with E-state index in [1.54, 1.807) is 48.5 Å². The summed E-state index contributed by atoms with van der Waals surface area (Å²) < 4.78 is 5.84. The van der Waals surface area contributed by atoms with E-state index in [0.29, 0.717) is 25.7 Å². The minimum Gasteiger partial charge on any atom is -0.489 e. The minimum absolute atomic E-state index is 0.199. The van der Waals surface area contributed by atoms with Crippen molar-refractivity contribution in [3.63, 3.8) is 0 Å². The van der Waals surface area contributed by atoms with Gasteiger partial charge < -0.3 is 4.74 Å². The summed E-state index contributed by atoms with van der Waals surface area (Å²) in [6.07, 6.45) is 1.69. The van der Waals surface area contributed by atoms with Crippen LogP contribution in [0.25, 0.3) is 6.08 Å². The number of halogens is 3. The van der Waals surface area contributed by atoms with E-state index in [4.69, 9.17) is 39.5 Å². The fraction of sp³-hybridized carbons (Fsp3) is 0.0833. The third-order valence-corrected chi connectivity index (χ3v) is 6.44. The standard InChI is InChI=1S/C24H16Cl3NO3S/c25-18-7-4-15(5-8-18)13-28-23(29)22(32-24(28)30)11-16-2-1-3-20(10-16)31-14-17-6-9-19(26)12-21(17)27/h1-12H,13-14H2/b22-11-. The molecule has 1 fully saturated rings. The molecule has 0 unspecified atom stereocenters. The van der Waals surface area contributed by atoms with Gasteiger partial charge in [0.1, 0.15) is 12.4 Å². The molecule has 4 rings (SSSR count). The monoisotopic (exact) mass is 503 g/mol. The number of ether oxygens (including phenoxy) is 1. The van der Waals surface area contributed by atoms with Crippen molar-refractivity contribution in [3.05, 3.63) is 103 Å². The van der Waals surface area contributed by atoms with Gasteiger partial charge in [0.2, 0.25) is 0 Å². The summed E-state index contributed by atoms with van der Waals surface area (Å²) in [5.74, 6) is 0.291. The highest BCUT2D eigenvalue weighted by Gasteiger charge is 2.34. The van der Waals surface area contributed by atoms with Crippen molar-refractivity contribution in [2.75, 3.05) is 0 Å². The first-order valence-electron chi connectivity index (χ1n) is 9.55. The molecule has 1 heterocycles. The third-order valence-electron chi connectivity index (χ3n) is 4.69. The Balaban J connectivity index is 1.46. The Kier molecular flexibility index (Phi) is 7.11. The second-order valence-electron chi connectivity index (χ2n) is 6.99. The van der Waals surface area contributed by atoms with Crippen LogP contribution in [-0.2, 0) is 17.9 Å². The maximum Gasteiger partial charge on any atom is 0.293 e. The second kappa shape index (κ2) is 10.0. The molecule has 0 spiro atoms. The van der Waals surface area contributed by atoms with Crippen molar-refractivity contribution in [1.29, 1.82) is 0 Å². The molecule has 162 valence electrons. The van der Waals surface area contributed by atoms with Gasteiger partial charge in [-0.25, -0.2) is 0 Å². The summed E-state index contributed by atoms with van der Waals surface area (Å²) in [7, 11) is 0. The SMILES string of the molecule is O=C1S/C(=C\c2cccc(OCc3ccc(Cl)cc3Cl)c2)C(=O)N1Cc1ccc(Cl)cc1. The quantitative estimate of drug-likeness (QED) is 0.327. The van der Waals surface area contributed by atoms with Crippen LogP contribution >= 0.6 is 46.6 Å². The van der Waals surface area contributed by atoms with Crippen LogP contribution in [0.4, 0.5) is 4.79 Å². The summed E-state index contributed by atoms with van der Waals surface area (Å²) in [4.78, 5) is 26.8. The van der Waals surface area contributed by atoms with Crippen molar-refractivity contribution in [1.82, 2.24) is 4.90 Å². The molecular weight excluding hydrogens is 489 g/mol. The molecule has 4 nitrogen and oxygen atoms in total. The molecule has 0 atom stereocenters. The highest BCUT2D eigenvalue weighted by molar-refractivity contribution is 8.18. The van der Waals surface area contributed by atoms with Gasteiger partial charge in [0.05, 0.1) is 11.4 Å². The van der Waals surface area contributed by atoms with E-state index >= 15 is 0 Å². The summed E-state index contributed by atoms with van der Waals surface area (Å²) >= 11 is 18.9. The zero-order valence-electron chi connectivity index (χ0n) is 16.6. The van der Waals surface area contributed by atoms with Crippen LogP contribution in [0.1, 0.15) is 16.7 Å². The first kappa shape index (κ1) is 22.7. The minimum atomic E-state index is -0.325. The van der Waals surface area contributed by atoms with Gasteiger partial charge in [-0.3, -0.25) is 14.5 Å². The molecule has 0 saturated carbocycles. The van der Waals surface area contributed by atoms with Crippen LogP contribution in [-0.4, -0.2) is 16.0 Å². The molecule has 1 saturated heterocycles. The molecule has 1 aliphatic rings. The van der Waals surface area contributed by atoms with E-state index in [1.165, 1.54) is 4.90 Å². The van der Waals surface area contributed by atoms with Crippen molar-refractivity contribution in [3.8, 4) is 5.75 Å². The van der Waals surface area contributed by atoms with Crippen LogP contribution in [0.5, 0.6) is 5.75 Å². The maximum absolute atomic E-state index is 12.8. The Morgan fingerprint density at radius 3 is 2.41 bits per heavy atom. The largest absolute Gasteiger partial charge is 0.489 e. The predicted octanol–water partition coefficient (Wildman–Crippen LogP) is 7.46. The Morgan fingerprint density at radius 1 is 0.906 bits per heavy atom. The first-order chi connectivity index (χ1) is 15.4. The van der Waals surface area contributed by atoms with Crippen molar-refractivity contribution in [2.24, 2.45) is 0 Å². The second-order valence-corrected chi connectivity index (χ2v) is 9.26. The lowest BCUT2D eigenvalue weighted by atomic mass is 10.2. The lowest BCUT2D eigenvalue weighted by molar-refractivity contribution is -0.123. The van der Waals surface area contributed by atoms with Crippen LogP contribution in [0.3, 0.4) is 0 Å². The Labute approximate surface area is 204 Å². The van der Waals surface area contributed by atoms with Crippen molar-refractivity contribution in [2.45, 2.75) is 13.2 Å². The van der Waals surface area contributed by atoms with E-state index in [1.807, 2.05) is 24.3 Å². The van der Waals surface area contributed by atoms with E-state index in [2.05, 4.69) is 0 Å². The molecule has 0 N–H and O–H groups in total. The number of benzene rings is 3. The fourth-order valence-electron chi connectivity index (χ4n) is 3.05. The molecule has 3 aromatic carbocycles. The van der Waals surface area contributed by atoms with Gasteiger partial charge >= 0.3 is 0 Å². The third kappa shape index (κ3) is 5.48.